The average Bonchev–Trinajstić information content (AvgIpc) is 2.97. The van der Waals surface area contributed by atoms with Gasteiger partial charge >= 0.3 is 0 Å². The highest BCUT2D eigenvalue weighted by molar-refractivity contribution is 6.10. The van der Waals surface area contributed by atoms with Crippen molar-refractivity contribution in [2.75, 3.05) is 28.3 Å². The summed E-state index contributed by atoms with van der Waals surface area (Å²) in [6.07, 6.45) is -0.420. The molecule has 8 heteroatoms. The zero-order chi connectivity index (χ0) is 22.8. The van der Waals surface area contributed by atoms with Crippen LogP contribution in [0.25, 0.3) is 0 Å². The van der Waals surface area contributed by atoms with Crippen LogP contribution in [-0.2, 0) is 26.3 Å². The molecule has 1 saturated heterocycles. The molecule has 1 aliphatic rings. The van der Waals surface area contributed by atoms with Crippen LogP contribution in [0.3, 0.4) is 0 Å². The lowest BCUT2D eigenvalue weighted by Crippen LogP contribution is -2.41. The summed E-state index contributed by atoms with van der Waals surface area (Å²) in [7, 11) is 6.06. The van der Waals surface area contributed by atoms with Crippen molar-refractivity contribution in [1.29, 1.82) is 0 Å². The molecule has 1 aliphatic heterocycles. The Bertz CT molecular complexity index is 1020. The normalized spacial score (nSPS) is 18.3. The molecular weight excluding hydrogens is 403 g/mol. The number of halogens is 1. The molecule has 0 N–H and O–H groups in total. The number of carbonyl (C=O) groups excluding carboxylic acids is 3. The van der Waals surface area contributed by atoms with Crippen LogP contribution in [0.5, 0.6) is 11.5 Å². The lowest BCUT2D eigenvalue weighted by atomic mass is 9.75. The first-order chi connectivity index (χ1) is 14.7. The molecule has 0 unspecified atom stereocenters. The minimum absolute atomic E-state index is 0.179. The molecule has 1 heterocycles. The van der Waals surface area contributed by atoms with Crippen molar-refractivity contribution < 1.29 is 28.2 Å². The summed E-state index contributed by atoms with van der Waals surface area (Å²) in [6.45, 7) is 0.260. The number of nitrogens with zero attached hydrogens (tertiary/aromatic N) is 2. The third-order valence-corrected chi connectivity index (χ3v) is 5.66. The van der Waals surface area contributed by atoms with Crippen LogP contribution in [0.1, 0.15) is 24.0 Å². The number of hydrogen-bond donors (Lipinski definition) is 0. The van der Waals surface area contributed by atoms with Crippen molar-refractivity contribution in [3.8, 4) is 11.5 Å². The third-order valence-electron chi connectivity index (χ3n) is 5.66. The molecule has 1 fully saturated rings. The number of likely N-dealkylation sites (N-methyl/N-ethyl adjacent to an activating group) is 1. The lowest BCUT2D eigenvalue weighted by Gasteiger charge is -2.29. The maximum Gasteiger partial charge on any atom is 0.240 e. The van der Waals surface area contributed by atoms with Gasteiger partial charge in [0.2, 0.25) is 17.7 Å². The predicted molar refractivity (Wildman–Crippen MR) is 111 cm³/mol. The van der Waals surface area contributed by atoms with E-state index in [4.69, 9.17) is 9.47 Å². The molecule has 0 radical (unpaired) electrons. The fourth-order valence-electron chi connectivity index (χ4n) is 3.87. The summed E-state index contributed by atoms with van der Waals surface area (Å²) in [5, 5.41) is 0. The molecular formula is C23H25FN2O5. The van der Waals surface area contributed by atoms with Crippen LogP contribution >= 0.6 is 0 Å². The molecule has 2 aromatic carbocycles. The van der Waals surface area contributed by atoms with E-state index in [2.05, 4.69) is 0 Å². The quantitative estimate of drug-likeness (QED) is 0.634. The van der Waals surface area contributed by atoms with Crippen molar-refractivity contribution in [2.45, 2.75) is 24.8 Å². The van der Waals surface area contributed by atoms with E-state index in [-0.39, 0.29) is 25.3 Å². The van der Waals surface area contributed by atoms with Gasteiger partial charge in [-0.2, -0.15) is 0 Å². The number of carbonyl (C=O) groups is 3. The molecule has 3 amide bonds. The summed E-state index contributed by atoms with van der Waals surface area (Å²) in [4.78, 5) is 40.9. The largest absolute Gasteiger partial charge is 0.493 e. The summed E-state index contributed by atoms with van der Waals surface area (Å²) in [5.74, 6) is -0.660. The SMILES string of the molecule is COc1ccc(CN(C)C(=O)C[C@]2(c3cccc(F)c3)CC(=O)N(C)C2=O)cc1OC. The van der Waals surface area contributed by atoms with Gasteiger partial charge in [0.1, 0.15) is 5.82 Å². The molecule has 0 aliphatic carbocycles. The standard InChI is InChI=1S/C23H25FN2O5/c1-25(14-15-8-9-18(30-3)19(10-15)31-4)20(27)12-23(13-21(28)26(2)22(23)29)16-6-5-7-17(24)11-16/h5-11H,12-14H2,1-4H3/t23-/m1/s1. The van der Waals surface area contributed by atoms with Crippen molar-refractivity contribution in [2.24, 2.45) is 0 Å². The molecule has 0 aromatic heterocycles. The maximum absolute atomic E-state index is 13.9. The van der Waals surface area contributed by atoms with E-state index < -0.39 is 23.0 Å². The van der Waals surface area contributed by atoms with Gasteiger partial charge in [0.05, 0.1) is 19.6 Å². The van der Waals surface area contributed by atoms with Gasteiger partial charge in [-0.05, 0) is 35.4 Å². The number of methoxy groups -OCH3 is 2. The van der Waals surface area contributed by atoms with Crippen LogP contribution in [0.2, 0.25) is 0 Å². The van der Waals surface area contributed by atoms with Crippen LogP contribution in [0.15, 0.2) is 42.5 Å². The number of ether oxygens (including phenoxy) is 2. The Morgan fingerprint density at radius 1 is 1.13 bits per heavy atom. The fourth-order valence-corrected chi connectivity index (χ4v) is 3.87. The highest BCUT2D eigenvalue weighted by atomic mass is 19.1. The first kappa shape index (κ1) is 22.3. The zero-order valence-electron chi connectivity index (χ0n) is 18.0. The van der Waals surface area contributed by atoms with Crippen LogP contribution < -0.4 is 9.47 Å². The molecule has 1 atom stereocenters. The van der Waals surface area contributed by atoms with Crippen LogP contribution in [0, 0.1) is 5.82 Å². The molecule has 7 nitrogen and oxygen atoms in total. The Morgan fingerprint density at radius 2 is 1.84 bits per heavy atom. The number of benzene rings is 2. The summed E-state index contributed by atoms with van der Waals surface area (Å²) >= 11 is 0. The Morgan fingerprint density at radius 3 is 2.42 bits per heavy atom. The zero-order valence-corrected chi connectivity index (χ0v) is 18.0. The number of rotatable bonds is 7. The molecule has 3 rings (SSSR count). The Kier molecular flexibility index (Phi) is 6.29. The topological polar surface area (TPSA) is 76.2 Å². The van der Waals surface area contributed by atoms with Gasteiger partial charge in [0.25, 0.3) is 0 Å². The van der Waals surface area contributed by atoms with Gasteiger partial charge in [-0.25, -0.2) is 4.39 Å². The Labute approximate surface area is 180 Å². The molecule has 0 saturated carbocycles. The summed E-state index contributed by atoms with van der Waals surface area (Å²) < 4.78 is 24.4. The number of hydrogen-bond acceptors (Lipinski definition) is 5. The predicted octanol–water partition coefficient (Wildman–Crippen LogP) is 2.52. The van der Waals surface area contributed by atoms with Gasteiger partial charge in [-0.3, -0.25) is 19.3 Å². The third kappa shape index (κ3) is 4.23. The molecule has 164 valence electrons. The van der Waals surface area contributed by atoms with Gasteiger partial charge in [0.15, 0.2) is 11.5 Å². The Balaban J connectivity index is 1.86. The van der Waals surface area contributed by atoms with Crippen molar-refractivity contribution >= 4 is 17.7 Å². The van der Waals surface area contributed by atoms with Crippen LogP contribution in [0.4, 0.5) is 4.39 Å². The van der Waals surface area contributed by atoms with E-state index >= 15 is 0 Å². The first-order valence-corrected chi connectivity index (χ1v) is 9.73. The van der Waals surface area contributed by atoms with Gasteiger partial charge in [0, 0.05) is 33.5 Å². The van der Waals surface area contributed by atoms with Crippen molar-refractivity contribution in [3.05, 3.63) is 59.4 Å². The Hall–Kier alpha value is -3.42. The van der Waals surface area contributed by atoms with Gasteiger partial charge < -0.3 is 14.4 Å². The second-order valence-corrected chi connectivity index (χ2v) is 7.64. The lowest BCUT2D eigenvalue weighted by molar-refractivity contribution is -0.141. The summed E-state index contributed by atoms with van der Waals surface area (Å²) in [6, 6.07) is 10.8. The smallest absolute Gasteiger partial charge is 0.240 e. The van der Waals surface area contributed by atoms with E-state index in [0.29, 0.717) is 17.1 Å². The highest BCUT2D eigenvalue weighted by Gasteiger charge is 2.52. The second kappa shape index (κ2) is 8.75. The van der Waals surface area contributed by atoms with E-state index in [1.165, 1.54) is 44.4 Å². The first-order valence-electron chi connectivity index (χ1n) is 9.73. The minimum atomic E-state index is -1.42. The monoisotopic (exact) mass is 428 g/mol. The average molecular weight is 428 g/mol. The molecule has 31 heavy (non-hydrogen) atoms. The molecule has 0 bridgehead atoms. The van der Waals surface area contributed by atoms with E-state index in [9.17, 15) is 18.8 Å². The molecule has 0 spiro atoms. The summed E-state index contributed by atoms with van der Waals surface area (Å²) in [5.41, 5.74) is -0.293. The van der Waals surface area contributed by atoms with Gasteiger partial charge in [-0.15, -0.1) is 0 Å². The van der Waals surface area contributed by atoms with Crippen LogP contribution in [-0.4, -0.2) is 55.8 Å². The van der Waals surface area contributed by atoms with E-state index in [1.807, 2.05) is 6.07 Å². The maximum atomic E-state index is 13.9. The minimum Gasteiger partial charge on any atom is -0.493 e. The number of amides is 3. The highest BCUT2D eigenvalue weighted by Crippen LogP contribution is 2.40. The van der Waals surface area contributed by atoms with E-state index in [1.54, 1.807) is 25.2 Å². The van der Waals surface area contributed by atoms with E-state index in [0.717, 1.165) is 10.5 Å². The molecule has 2 aromatic rings. The van der Waals surface area contributed by atoms with Crippen molar-refractivity contribution in [1.82, 2.24) is 9.80 Å². The number of likely N-dealkylation sites (tertiary alicyclic amines) is 1. The van der Waals surface area contributed by atoms with Gasteiger partial charge in [-0.1, -0.05) is 18.2 Å². The fraction of sp³-hybridized carbons (Fsp3) is 0.348. The second-order valence-electron chi connectivity index (χ2n) is 7.64. The number of imide groups is 1. The van der Waals surface area contributed by atoms with Crippen molar-refractivity contribution in [3.63, 3.8) is 0 Å².